The summed E-state index contributed by atoms with van der Waals surface area (Å²) in [4.78, 5) is 12.5. The zero-order chi connectivity index (χ0) is 28.0. The van der Waals surface area contributed by atoms with Crippen molar-refractivity contribution in [2.75, 3.05) is 6.54 Å². The van der Waals surface area contributed by atoms with Crippen LogP contribution in [-0.2, 0) is 4.74 Å². The average Bonchev–Trinajstić information content (AvgIpc) is 3.44. The third-order valence-corrected chi connectivity index (χ3v) is 12.0. The Hall–Kier alpha value is -0.990. The van der Waals surface area contributed by atoms with Gasteiger partial charge in [0.2, 0.25) is 0 Å². The topological polar surface area (TPSA) is 38.3 Å². The summed E-state index contributed by atoms with van der Waals surface area (Å²) in [6.07, 6.45) is 36.9. The van der Waals surface area contributed by atoms with E-state index in [-0.39, 0.29) is 12.2 Å². The van der Waals surface area contributed by atoms with Crippen LogP contribution in [-0.4, -0.2) is 18.7 Å². The molecule has 0 bridgehead atoms. The SMILES string of the molecule is CCCCCCCC/C=C\CCCCCCCCNC(=O)O[C@@H]1CC[C@@]2(C)C(CCC3C4CCCC4CCC32)C1. The lowest BCUT2D eigenvalue weighted by Crippen LogP contribution is -2.52. The minimum Gasteiger partial charge on any atom is -0.446 e. The molecular formula is C37H65NO2. The highest BCUT2D eigenvalue weighted by atomic mass is 16.6. The Balaban J connectivity index is 0.980. The number of alkyl carbamates (subject to hydrolysis) is 1. The van der Waals surface area contributed by atoms with Crippen molar-refractivity contribution in [2.45, 2.75) is 174 Å². The number of carbonyl (C=O) groups is 1. The molecule has 4 aliphatic carbocycles. The summed E-state index contributed by atoms with van der Waals surface area (Å²) in [5.74, 6) is 4.79. The van der Waals surface area contributed by atoms with E-state index >= 15 is 0 Å². The summed E-state index contributed by atoms with van der Waals surface area (Å²) >= 11 is 0. The van der Waals surface area contributed by atoms with Crippen LogP contribution in [0.25, 0.3) is 0 Å². The normalized spacial score (nSPS) is 33.4. The maximum atomic E-state index is 12.5. The zero-order valence-corrected chi connectivity index (χ0v) is 26.6. The Bertz CT molecular complexity index is 748. The molecule has 0 aliphatic heterocycles. The number of ether oxygens (including phenoxy) is 1. The van der Waals surface area contributed by atoms with E-state index in [4.69, 9.17) is 4.74 Å². The second-order valence-corrected chi connectivity index (χ2v) is 14.6. The Morgan fingerprint density at radius 2 is 1.48 bits per heavy atom. The van der Waals surface area contributed by atoms with Crippen LogP contribution in [0.4, 0.5) is 4.79 Å². The lowest BCUT2D eigenvalue weighted by Gasteiger charge is -2.58. The van der Waals surface area contributed by atoms with Gasteiger partial charge in [0.05, 0.1) is 0 Å². The predicted molar refractivity (Wildman–Crippen MR) is 169 cm³/mol. The van der Waals surface area contributed by atoms with Crippen molar-refractivity contribution in [1.29, 1.82) is 0 Å². The largest absolute Gasteiger partial charge is 0.446 e. The molecule has 1 N–H and O–H groups in total. The van der Waals surface area contributed by atoms with Crippen molar-refractivity contribution in [1.82, 2.24) is 5.32 Å². The van der Waals surface area contributed by atoms with Gasteiger partial charge >= 0.3 is 6.09 Å². The van der Waals surface area contributed by atoms with Gasteiger partial charge in [-0.3, -0.25) is 0 Å². The van der Waals surface area contributed by atoms with E-state index in [2.05, 4.69) is 31.3 Å². The van der Waals surface area contributed by atoms with E-state index in [0.29, 0.717) is 5.41 Å². The number of rotatable bonds is 17. The van der Waals surface area contributed by atoms with Crippen molar-refractivity contribution in [3.05, 3.63) is 12.2 Å². The van der Waals surface area contributed by atoms with Crippen molar-refractivity contribution >= 4 is 6.09 Å². The molecule has 0 saturated heterocycles. The molecule has 4 fully saturated rings. The molecule has 0 heterocycles. The number of unbranched alkanes of at least 4 members (excludes halogenated alkanes) is 12. The number of hydrogen-bond acceptors (Lipinski definition) is 2. The fourth-order valence-corrected chi connectivity index (χ4v) is 9.70. The average molecular weight is 556 g/mol. The predicted octanol–water partition coefficient (Wildman–Crippen LogP) is 11.2. The van der Waals surface area contributed by atoms with Crippen molar-refractivity contribution < 1.29 is 9.53 Å². The first-order valence-corrected chi connectivity index (χ1v) is 18.2. The van der Waals surface area contributed by atoms with Crippen LogP contribution in [0.3, 0.4) is 0 Å². The van der Waals surface area contributed by atoms with E-state index in [0.717, 1.165) is 55.4 Å². The van der Waals surface area contributed by atoms with Gasteiger partial charge in [0.25, 0.3) is 0 Å². The van der Waals surface area contributed by atoms with Crippen molar-refractivity contribution in [3.8, 4) is 0 Å². The minimum absolute atomic E-state index is 0.136. The number of hydrogen-bond donors (Lipinski definition) is 1. The van der Waals surface area contributed by atoms with Crippen LogP contribution in [0.5, 0.6) is 0 Å². The van der Waals surface area contributed by atoms with E-state index in [9.17, 15) is 4.79 Å². The molecule has 7 atom stereocenters. The van der Waals surface area contributed by atoms with E-state index in [1.807, 2.05) is 0 Å². The summed E-state index contributed by atoms with van der Waals surface area (Å²) in [6, 6.07) is 0. The molecule has 0 aromatic carbocycles. The molecule has 3 nitrogen and oxygen atoms in total. The first-order chi connectivity index (χ1) is 19.6. The maximum absolute atomic E-state index is 12.5. The first kappa shape index (κ1) is 31.9. The Morgan fingerprint density at radius 1 is 0.775 bits per heavy atom. The van der Waals surface area contributed by atoms with Crippen LogP contribution < -0.4 is 5.32 Å². The standard InChI is InChI=1S/C37H65NO2/c1-3-4-5-6-7-8-9-10-11-12-13-14-15-16-17-18-28-38-36(39)40-32-26-27-37(2)31(29-32)23-24-34-33-21-19-20-30(33)22-25-35(34)37/h10-11,30-35H,3-9,12-29H2,1-2H3,(H,38,39)/b11-10-/t30?,31?,32-,33?,34?,35?,37+/m1/s1. The van der Waals surface area contributed by atoms with Gasteiger partial charge in [-0.2, -0.15) is 0 Å². The van der Waals surface area contributed by atoms with Gasteiger partial charge in [-0.15, -0.1) is 0 Å². The molecular weight excluding hydrogens is 490 g/mol. The third-order valence-electron chi connectivity index (χ3n) is 12.0. The number of allylic oxidation sites excluding steroid dienone is 2. The fraction of sp³-hybridized carbons (Fsp3) is 0.919. The highest BCUT2D eigenvalue weighted by Gasteiger charge is 2.55. The Morgan fingerprint density at radius 3 is 2.23 bits per heavy atom. The van der Waals surface area contributed by atoms with Gasteiger partial charge in [0.15, 0.2) is 0 Å². The molecule has 4 saturated carbocycles. The van der Waals surface area contributed by atoms with Crippen LogP contribution in [0.2, 0.25) is 0 Å². The Kier molecular flexibility index (Phi) is 13.7. The van der Waals surface area contributed by atoms with Crippen LogP contribution >= 0.6 is 0 Å². The smallest absolute Gasteiger partial charge is 0.407 e. The van der Waals surface area contributed by atoms with Gasteiger partial charge in [-0.05, 0) is 118 Å². The summed E-state index contributed by atoms with van der Waals surface area (Å²) in [5, 5.41) is 3.06. The van der Waals surface area contributed by atoms with E-state index < -0.39 is 0 Å². The van der Waals surface area contributed by atoms with E-state index in [1.165, 1.54) is 135 Å². The van der Waals surface area contributed by atoms with Crippen LogP contribution in [0.15, 0.2) is 12.2 Å². The second kappa shape index (κ2) is 17.2. The van der Waals surface area contributed by atoms with Crippen molar-refractivity contribution in [3.63, 3.8) is 0 Å². The quantitative estimate of drug-likeness (QED) is 0.143. The summed E-state index contributed by atoms with van der Waals surface area (Å²) < 4.78 is 5.96. The molecule has 4 aliphatic rings. The highest BCUT2D eigenvalue weighted by Crippen LogP contribution is 2.63. The van der Waals surface area contributed by atoms with Crippen LogP contribution in [0.1, 0.15) is 168 Å². The van der Waals surface area contributed by atoms with Gasteiger partial charge in [0, 0.05) is 6.54 Å². The molecule has 3 heteroatoms. The van der Waals surface area contributed by atoms with Gasteiger partial charge in [-0.25, -0.2) is 4.79 Å². The lowest BCUT2D eigenvalue weighted by molar-refractivity contribution is -0.107. The third kappa shape index (κ3) is 9.26. The molecule has 0 radical (unpaired) electrons. The number of fused-ring (bicyclic) bond motifs is 5. The van der Waals surface area contributed by atoms with Crippen LogP contribution in [0, 0.1) is 35.0 Å². The molecule has 0 aromatic heterocycles. The summed E-state index contributed by atoms with van der Waals surface area (Å²) in [5.41, 5.74) is 0.497. The first-order valence-electron chi connectivity index (χ1n) is 18.2. The molecule has 40 heavy (non-hydrogen) atoms. The van der Waals surface area contributed by atoms with Gasteiger partial charge in [-0.1, -0.05) is 96.6 Å². The lowest BCUT2D eigenvalue weighted by atomic mass is 9.47. The molecule has 5 unspecified atom stereocenters. The second-order valence-electron chi connectivity index (χ2n) is 14.6. The maximum Gasteiger partial charge on any atom is 0.407 e. The number of nitrogens with one attached hydrogen (secondary N) is 1. The molecule has 4 rings (SSSR count). The highest BCUT2D eigenvalue weighted by molar-refractivity contribution is 5.67. The van der Waals surface area contributed by atoms with Gasteiger partial charge in [0.1, 0.15) is 6.10 Å². The summed E-state index contributed by atoms with van der Waals surface area (Å²) in [7, 11) is 0. The van der Waals surface area contributed by atoms with Crippen molar-refractivity contribution in [2.24, 2.45) is 35.0 Å². The molecule has 0 spiro atoms. The summed E-state index contributed by atoms with van der Waals surface area (Å²) in [6.45, 7) is 5.67. The van der Waals surface area contributed by atoms with E-state index in [1.54, 1.807) is 0 Å². The molecule has 1 amide bonds. The Labute approximate surface area is 248 Å². The van der Waals surface area contributed by atoms with Gasteiger partial charge < -0.3 is 10.1 Å². The molecule has 0 aromatic rings. The number of amides is 1. The fourth-order valence-electron chi connectivity index (χ4n) is 9.70. The monoisotopic (exact) mass is 556 g/mol. The minimum atomic E-state index is -0.165. The zero-order valence-electron chi connectivity index (χ0n) is 26.6. The number of carbonyl (C=O) groups excluding carboxylic acids is 1. The molecule has 230 valence electrons.